The number of benzene rings is 2. The molecular weight excluding hydrogens is 534 g/mol. The highest BCUT2D eigenvalue weighted by Crippen LogP contribution is 2.37. The Morgan fingerprint density at radius 3 is 2.52 bits per heavy atom. The minimum absolute atomic E-state index is 0.0859. The summed E-state index contributed by atoms with van der Waals surface area (Å²) < 4.78 is 5.75. The van der Waals surface area contributed by atoms with Crippen LogP contribution in [0.15, 0.2) is 52.4 Å². The van der Waals surface area contributed by atoms with Crippen LogP contribution >= 0.6 is 0 Å². The third-order valence-electron chi connectivity index (χ3n) is 8.48. The molecule has 1 aromatic heterocycles. The predicted octanol–water partition coefficient (Wildman–Crippen LogP) is 3.21. The molecule has 1 atom stereocenters. The number of rotatable bonds is 8. The molecule has 4 heterocycles. The minimum atomic E-state index is -0.825. The highest BCUT2D eigenvalue weighted by atomic mass is 16.5. The van der Waals surface area contributed by atoms with E-state index in [1.807, 2.05) is 39.1 Å². The molecule has 2 amide bonds. The summed E-state index contributed by atoms with van der Waals surface area (Å²) >= 11 is 0. The normalized spacial score (nSPS) is 17.7. The first-order valence-electron chi connectivity index (χ1n) is 14.3. The molecule has 3 aliphatic rings. The number of aryl methyl sites for hydroxylation is 2. The molecule has 10 nitrogen and oxygen atoms in total. The van der Waals surface area contributed by atoms with Crippen LogP contribution in [0.4, 0.5) is 11.4 Å². The van der Waals surface area contributed by atoms with Gasteiger partial charge in [-0.05, 0) is 93.8 Å². The summed E-state index contributed by atoms with van der Waals surface area (Å²) in [5.41, 5.74) is 5.55. The maximum atomic E-state index is 13.3. The van der Waals surface area contributed by atoms with Gasteiger partial charge >= 0.3 is 0 Å². The van der Waals surface area contributed by atoms with Gasteiger partial charge in [0.2, 0.25) is 0 Å². The van der Waals surface area contributed by atoms with E-state index in [9.17, 15) is 19.5 Å². The highest BCUT2D eigenvalue weighted by molar-refractivity contribution is 6.22. The van der Waals surface area contributed by atoms with Crippen LogP contribution in [0.2, 0.25) is 0 Å². The number of aliphatic hydroxyl groups excluding tert-OH is 1. The van der Waals surface area contributed by atoms with Gasteiger partial charge in [0.25, 0.3) is 17.4 Å². The number of aliphatic hydroxyl groups is 1. The molecule has 0 radical (unpaired) electrons. The van der Waals surface area contributed by atoms with Gasteiger partial charge in [0, 0.05) is 25.2 Å². The molecule has 2 aromatic carbocycles. The van der Waals surface area contributed by atoms with Gasteiger partial charge in [-0.25, -0.2) is 0 Å². The quantitative estimate of drug-likeness (QED) is 0.356. The molecule has 0 bridgehead atoms. The molecule has 0 saturated carbocycles. The van der Waals surface area contributed by atoms with Crippen molar-refractivity contribution < 1.29 is 19.4 Å². The Morgan fingerprint density at radius 2 is 1.79 bits per heavy atom. The number of likely N-dealkylation sites (tertiary alicyclic amines) is 1. The standard InChI is InChI=1S/C32H35N5O5/c1-18-4-5-23(12-19(18)2)42-17-22(38)16-34-26-6-9-33-30(39)29(26)28-14-20-13-24-25(15-27(20)35-28)32(41)37(31(24)40)21-7-10-36(3)11-8-21/h4-6,9,12-13,15,21-22,38H,7-8,10-11,14,16-17H2,1-3H3,(H2,33,34,39). The third-order valence-corrected chi connectivity index (χ3v) is 8.48. The lowest BCUT2D eigenvalue weighted by Gasteiger charge is -2.33. The number of carbonyl (C=O) groups is 2. The van der Waals surface area contributed by atoms with Gasteiger partial charge in [-0.1, -0.05) is 6.07 Å². The smallest absolute Gasteiger partial charge is 0.261 e. The van der Waals surface area contributed by atoms with Crippen molar-refractivity contribution in [2.75, 3.05) is 38.6 Å². The average Bonchev–Trinajstić information content (AvgIpc) is 3.49. The van der Waals surface area contributed by atoms with E-state index in [-0.39, 0.29) is 36.6 Å². The van der Waals surface area contributed by atoms with E-state index in [0.29, 0.717) is 45.9 Å². The maximum absolute atomic E-state index is 13.3. The summed E-state index contributed by atoms with van der Waals surface area (Å²) in [5.74, 6) is 0.163. The maximum Gasteiger partial charge on any atom is 0.261 e. The Bertz CT molecular complexity index is 1650. The fourth-order valence-electron chi connectivity index (χ4n) is 5.87. The molecule has 1 saturated heterocycles. The molecular formula is C32H35N5O5. The van der Waals surface area contributed by atoms with Crippen LogP contribution in [0.1, 0.15) is 55.8 Å². The topological polar surface area (TPSA) is 127 Å². The molecule has 42 heavy (non-hydrogen) atoms. The second-order valence-corrected chi connectivity index (χ2v) is 11.5. The first-order valence-corrected chi connectivity index (χ1v) is 14.3. The van der Waals surface area contributed by atoms with E-state index in [1.165, 1.54) is 16.7 Å². The zero-order valence-corrected chi connectivity index (χ0v) is 24.1. The van der Waals surface area contributed by atoms with Crippen molar-refractivity contribution in [3.05, 3.63) is 86.3 Å². The summed E-state index contributed by atoms with van der Waals surface area (Å²) in [6.45, 7) is 5.98. The predicted molar refractivity (Wildman–Crippen MR) is 160 cm³/mol. The summed E-state index contributed by atoms with van der Waals surface area (Å²) in [6, 6.07) is 10.9. The highest BCUT2D eigenvalue weighted by Gasteiger charge is 2.42. The van der Waals surface area contributed by atoms with Crippen LogP contribution in [-0.2, 0) is 6.42 Å². The Morgan fingerprint density at radius 1 is 1.05 bits per heavy atom. The van der Waals surface area contributed by atoms with Crippen molar-refractivity contribution in [1.82, 2.24) is 14.8 Å². The number of H-pyrrole nitrogens is 1. The van der Waals surface area contributed by atoms with E-state index in [2.05, 4.69) is 15.2 Å². The van der Waals surface area contributed by atoms with Gasteiger partial charge in [-0.2, -0.15) is 0 Å². The van der Waals surface area contributed by atoms with E-state index < -0.39 is 6.10 Å². The van der Waals surface area contributed by atoms with Crippen molar-refractivity contribution >= 4 is 28.9 Å². The first kappa shape index (κ1) is 27.9. The van der Waals surface area contributed by atoms with Crippen LogP contribution in [0.25, 0.3) is 0 Å². The van der Waals surface area contributed by atoms with Crippen LogP contribution in [0.3, 0.4) is 0 Å². The number of amides is 2. The number of aliphatic imine (C=N–C) groups is 1. The molecule has 0 spiro atoms. The second kappa shape index (κ2) is 11.2. The zero-order valence-electron chi connectivity index (χ0n) is 24.1. The molecule has 1 unspecified atom stereocenters. The fourth-order valence-corrected chi connectivity index (χ4v) is 5.87. The largest absolute Gasteiger partial charge is 0.491 e. The number of pyridine rings is 1. The number of hydrogen-bond acceptors (Lipinski definition) is 8. The number of aromatic nitrogens is 1. The number of nitrogens with zero attached hydrogens (tertiary/aromatic N) is 3. The van der Waals surface area contributed by atoms with Crippen LogP contribution in [-0.4, -0.2) is 82.9 Å². The number of carbonyl (C=O) groups excluding carboxylic acids is 2. The van der Waals surface area contributed by atoms with Gasteiger partial charge in [-0.3, -0.25) is 24.3 Å². The summed E-state index contributed by atoms with van der Waals surface area (Å²) in [5, 5.41) is 13.7. The number of imide groups is 1. The van der Waals surface area contributed by atoms with Crippen LogP contribution < -0.4 is 15.6 Å². The number of fused-ring (bicyclic) bond motifs is 2. The van der Waals surface area contributed by atoms with E-state index >= 15 is 0 Å². The summed E-state index contributed by atoms with van der Waals surface area (Å²) in [6.07, 6.45) is 2.59. The Kier molecular flexibility index (Phi) is 7.42. The number of hydrogen-bond donors (Lipinski definition) is 3. The molecule has 10 heteroatoms. The van der Waals surface area contributed by atoms with Crippen molar-refractivity contribution in [3.8, 4) is 5.75 Å². The SMILES string of the molecule is Cc1ccc(OCC(O)CNc2cc[nH]c(=O)c2C2=Nc3cc4c(cc3C2)C(=O)N(C2CCN(C)CC2)C4=O)cc1C. The van der Waals surface area contributed by atoms with Gasteiger partial charge in [0.1, 0.15) is 18.5 Å². The second-order valence-electron chi connectivity index (χ2n) is 11.5. The molecule has 0 aliphatic carbocycles. The van der Waals surface area contributed by atoms with E-state index in [4.69, 9.17) is 9.73 Å². The van der Waals surface area contributed by atoms with Gasteiger partial charge in [0.05, 0.1) is 33.8 Å². The van der Waals surface area contributed by atoms with Crippen molar-refractivity contribution in [2.24, 2.45) is 4.99 Å². The Hall–Kier alpha value is -4.28. The zero-order chi connectivity index (χ0) is 29.5. The molecule has 3 N–H and O–H groups in total. The van der Waals surface area contributed by atoms with Crippen molar-refractivity contribution in [2.45, 2.75) is 45.3 Å². The number of nitrogens with one attached hydrogen (secondary N) is 2. The Balaban J connectivity index is 1.17. The average molecular weight is 570 g/mol. The summed E-state index contributed by atoms with van der Waals surface area (Å²) in [4.78, 5) is 50.7. The lowest BCUT2D eigenvalue weighted by atomic mass is 10.00. The first-order chi connectivity index (χ1) is 20.2. The minimum Gasteiger partial charge on any atom is -0.491 e. The fraction of sp³-hybridized carbons (Fsp3) is 0.375. The van der Waals surface area contributed by atoms with Gasteiger partial charge in [0.15, 0.2) is 0 Å². The molecule has 3 aliphatic heterocycles. The van der Waals surface area contributed by atoms with E-state index in [0.717, 1.165) is 37.1 Å². The van der Waals surface area contributed by atoms with Crippen molar-refractivity contribution in [1.29, 1.82) is 0 Å². The number of piperidine rings is 1. The molecule has 6 rings (SSSR count). The Labute approximate surface area is 244 Å². The third kappa shape index (κ3) is 5.23. The molecule has 3 aromatic rings. The number of aromatic amines is 1. The molecule has 1 fully saturated rings. The monoisotopic (exact) mass is 569 g/mol. The number of anilines is 1. The molecule has 218 valence electrons. The van der Waals surface area contributed by atoms with Crippen molar-refractivity contribution in [3.63, 3.8) is 0 Å². The lowest BCUT2D eigenvalue weighted by Crippen LogP contribution is -2.46. The van der Waals surface area contributed by atoms with Gasteiger partial charge < -0.3 is 25.0 Å². The van der Waals surface area contributed by atoms with Crippen LogP contribution in [0.5, 0.6) is 5.75 Å². The van der Waals surface area contributed by atoms with Gasteiger partial charge in [-0.15, -0.1) is 0 Å². The van der Waals surface area contributed by atoms with Crippen LogP contribution in [0, 0.1) is 13.8 Å². The van der Waals surface area contributed by atoms with E-state index in [1.54, 1.807) is 18.2 Å². The number of ether oxygens (including phenoxy) is 1. The summed E-state index contributed by atoms with van der Waals surface area (Å²) in [7, 11) is 2.04. The lowest BCUT2D eigenvalue weighted by molar-refractivity contribution is 0.0516.